The van der Waals surface area contributed by atoms with Gasteiger partial charge in [-0.25, -0.2) is 0 Å². The van der Waals surface area contributed by atoms with Gasteiger partial charge in [-0.05, 0) is 0 Å². The van der Waals surface area contributed by atoms with Crippen LogP contribution in [0, 0.1) is 0 Å². The topological polar surface area (TPSA) is 32.3 Å². The third-order valence-corrected chi connectivity index (χ3v) is 0.833. The maximum atomic E-state index is 10.7. The quantitative estimate of drug-likeness (QED) is 0.523. The van der Waals surface area contributed by atoms with Crippen molar-refractivity contribution < 1.29 is 4.79 Å². The normalized spacial score (nSPS) is 9.67. The summed E-state index contributed by atoms with van der Waals surface area (Å²) in [5.41, 5.74) is 0. The van der Waals surface area contributed by atoms with Crippen molar-refractivity contribution in [2.24, 2.45) is 0 Å². The van der Waals surface area contributed by atoms with E-state index in [9.17, 15) is 4.79 Å². The fourth-order valence-corrected chi connectivity index (χ4v) is 0.304. The Bertz CT molecular complexity index is 118. The summed E-state index contributed by atoms with van der Waals surface area (Å²) in [4.78, 5) is 12.2. The second kappa shape index (κ2) is 3.95. The average Bonchev–Trinajstić information content (AvgIpc) is 1.82. The highest BCUT2D eigenvalue weighted by Crippen LogP contribution is 1.77. The van der Waals surface area contributed by atoms with Crippen LogP contribution in [-0.4, -0.2) is 32.0 Å². The van der Waals surface area contributed by atoms with Crippen molar-refractivity contribution in [1.82, 2.24) is 10.2 Å². The first-order chi connectivity index (χ1) is 4.18. The zero-order chi connectivity index (χ0) is 7.28. The molecule has 1 N–H and O–H groups in total. The second-order valence-electron chi connectivity index (χ2n) is 1.85. The lowest BCUT2D eigenvalue weighted by Gasteiger charge is -2.04. The first-order valence-corrected chi connectivity index (χ1v) is 2.73. The summed E-state index contributed by atoms with van der Waals surface area (Å²) in [5, 5.41) is 2.73. The van der Waals surface area contributed by atoms with Gasteiger partial charge in [0, 0.05) is 33.4 Å². The van der Waals surface area contributed by atoms with E-state index < -0.39 is 0 Å². The Morgan fingerprint density at radius 2 is 2.11 bits per heavy atom. The van der Waals surface area contributed by atoms with Gasteiger partial charge >= 0.3 is 0 Å². The van der Waals surface area contributed by atoms with Gasteiger partial charge in [0.1, 0.15) is 0 Å². The minimum atomic E-state index is -0.00986. The van der Waals surface area contributed by atoms with Crippen LogP contribution in [0.2, 0.25) is 0 Å². The molecule has 9 heavy (non-hydrogen) atoms. The van der Waals surface area contributed by atoms with Crippen molar-refractivity contribution in [2.75, 3.05) is 21.1 Å². The van der Waals surface area contributed by atoms with Gasteiger partial charge in [0.15, 0.2) is 0 Å². The van der Waals surface area contributed by atoms with Crippen LogP contribution in [0.5, 0.6) is 0 Å². The van der Waals surface area contributed by atoms with E-state index in [1.165, 1.54) is 11.0 Å². The SMILES string of the molecule is CN/C=C/C(=O)N(C)C. The molecule has 3 nitrogen and oxygen atoms in total. The zero-order valence-electron chi connectivity index (χ0n) is 6.01. The summed E-state index contributed by atoms with van der Waals surface area (Å²) in [6.07, 6.45) is 3.07. The molecular weight excluding hydrogens is 116 g/mol. The summed E-state index contributed by atoms with van der Waals surface area (Å²) in [6.45, 7) is 0. The predicted octanol–water partition coefficient (Wildman–Crippen LogP) is -0.192. The van der Waals surface area contributed by atoms with E-state index in [0.29, 0.717) is 0 Å². The number of carbonyl (C=O) groups is 1. The maximum absolute atomic E-state index is 10.7. The van der Waals surface area contributed by atoms with Crippen LogP contribution >= 0.6 is 0 Å². The lowest BCUT2D eigenvalue weighted by Crippen LogP contribution is -2.19. The number of nitrogens with one attached hydrogen (secondary N) is 1. The highest BCUT2D eigenvalue weighted by atomic mass is 16.2. The summed E-state index contributed by atoms with van der Waals surface area (Å²) in [5.74, 6) is -0.00986. The molecule has 0 atom stereocenters. The van der Waals surface area contributed by atoms with Gasteiger partial charge < -0.3 is 10.2 Å². The summed E-state index contributed by atoms with van der Waals surface area (Å²) < 4.78 is 0. The Balaban J connectivity index is 3.63. The standard InChI is InChI=1S/C6H12N2O/c1-7-5-4-6(9)8(2)3/h4-5,7H,1-3H3/b5-4+. The molecule has 1 amide bonds. The molecule has 0 rings (SSSR count). The van der Waals surface area contributed by atoms with E-state index >= 15 is 0 Å². The number of nitrogens with zero attached hydrogens (tertiary/aromatic N) is 1. The summed E-state index contributed by atoms with van der Waals surface area (Å²) >= 11 is 0. The van der Waals surface area contributed by atoms with Crippen LogP contribution in [0.25, 0.3) is 0 Å². The van der Waals surface area contributed by atoms with Crippen LogP contribution in [0.15, 0.2) is 12.3 Å². The summed E-state index contributed by atoms with van der Waals surface area (Å²) in [7, 11) is 5.17. The Hall–Kier alpha value is -0.990. The van der Waals surface area contributed by atoms with Crippen LogP contribution in [0.1, 0.15) is 0 Å². The molecule has 0 aromatic rings. The Morgan fingerprint density at radius 1 is 1.56 bits per heavy atom. The first kappa shape index (κ1) is 8.01. The van der Waals surface area contributed by atoms with Crippen molar-refractivity contribution in [3.63, 3.8) is 0 Å². The molecule has 0 aliphatic carbocycles. The van der Waals surface area contributed by atoms with E-state index in [1.807, 2.05) is 0 Å². The van der Waals surface area contributed by atoms with Crippen molar-refractivity contribution in [2.45, 2.75) is 0 Å². The average molecular weight is 128 g/mol. The van der Waals surface area contributed by atoms with E-state index in [4.69, 9.17) is 0 Å². The molecule has 0 fully saturated rings. The first-order valence-electron chi connectivity index (χ1n) is 2.73. The summed E-state index contributed by atoms with van der Waals surface area (Å²) in [6, 6.07) is 0. The molecule has 0 aliphatic heterocycles. The molecule has 3 heteroatoms. The molecule has 52 valence electrons. The molecule has 0 spiro atoms. The highest BCUT2D eigenvalue weighted by molar-refractivity contribution is 5.86. The van der Waals surface area contributed by atoms with E-state index in [0.717, 1.165) is 0 Å². The molecular formula is C6H12N2O. The molecule has 0 aromatic carbocycles. The molecule has 0 saturated carbocycles. The molecule has 0 unspecified atom stereocenters. The molecule has 0 aliphatic rings. The number of amides is 1. The minimum absolute atomic E-state index is 0.00986. The molecule has 0 bridgehead atoms. The van der Waals surface area contributed by atoms with Crippen LogP contribution in [-0.2, 0) is 4.79 Å². The van der Waals surface area contributed by atoms with E-state index in [-0.39, 0.29) is 5.91 Å². The number of hydrogen-bond donors (Lipinski definition) is 1. The van der Waals surface area contributed by atoms with Crippen molar-refractivity contribution >= 4 is 5.91 Å². The van der Waals surface area contributed by atoms with Crippen molar-refractivity contribution in [3.8, 4) is 0 Å². The van der Waals surface area contributed by atoms with Gasteiger partial charge in [-0.3, -0.25) is 4.79 Å². The van der Waals surface area contributed by atoms with E-state index in [1.54, 1.807) is 27.3 Å². The largest absolute Gasteiger partial charge is 0.394 e. The number of hydrogen-bond acceptors (Lipinski definition) is 2. The Morgan fingerprint density at radius 3 is 2.44 bits per heavy atom. The Kier molecular flexibility index (Phi) is 3.51. The van der Waals surface area contributed by atoms with Crippen LogP contribution in [0.3, 0.4) is 0 Å². The fourth-order valence-electron chi connectivity index (χ4n) is 0.304. The second-order valence-corrected chi connectivity index (χ2v) is 1.85. The lowest BCUT2D eigenvalue weighted by molar-refractivity contribution is -0.123. The number of carbonyl (C=O) groups excluding carboxylic acids is 1. The van der Waals surface area contributed by atoms with Gasteiger partial charge in [0.25, 0.3) is 0 Å². The fraction of sp³-hybridized carbons (Fsp3) is 0.500. The van der Waals surface area contributed by atoms with Crippen molar-refractivity contribution in [3.05, 3.63) is 12.3 Å². The number of rotatable bonds is 2. The maximum Gasteiger partial charge on any atom is 0.247 e. The monoisotopic (exact) mass is 128 g/mol. The predicted molar refractivity (Wildman–Crippen MR) is 36.9 cm³/mol. The van der Waals surface area contributed by atoms with Gasteiger partial charge in [0.05, 0.1) is 0 Å². The smallest absolute Gasteiger partial charge is 0.247 e. The Labute approximate surface area is 55.3 Å². The van der Waals surface area contributed by atoms with Gasteiger partial charge in [-0.15, -0.1) is 0 Å². The van der Waals surface area contributed by atoms with Gasteiger partial charge in [-0.2, -0.15) is 0 Å². The molecule has 0 aromatic heterocycles. The number of likely N-dealkylation sites (N-methyl/N-ethyl adjacent to an activating group) is 1. The molecule has 0 heterocycles. The minimum Gasteiger partial charge on any atom is -0.394 e. The third-order valence-electron chi connectivity index (χ3n) is 0.833. The molecule has 0 radical (unpaired) electrons. The van der Waals surface area contributed by atoms with Gasteiger partial charge in [0.2, 0.25) is 5.91 Å². The highest BCUT2D eigenvalue weighted by Gasteiger charge is 1.93. The lowest BCUT2D eigenvalue weighted by atomic mass is 10.5. The molecule has 0 saturated heterocycles. The van der Waals surface area contributed by atoms with Crippen LogP contribution < -0.4 is 5.32 Å². The van der Waals surface area contributed by atoms with Gasteiger partial charge in [-0.1, -0.05) is 0 Å². The van der Waals surface area contributed by atoms with Crippen LogP contribution in [0.4, 0.5) is 0 Å². The van der Waals surface area contributed by atoms with E-state index in [2.05, 4.69) is 5.32 Å². The van der Waals surface area contributed by atoms with Crippen molar-refractivity contribution in [1.29, 1.82) is 0 Å². The zero-order valence-corrected chi connectivity index (χ0v) is 6.01. The third kappa shape index (κ3) is 3.58.